The van der Waals surface area contributed by atoms with Gasteiger partial charge < -0.3 is 4.98 Å². The van der Waals surface area contributed by atoms with Crippen molar-refractivity contribution in [1.29, 1.82) is 0 Å². The summed E-state index contributed by atoms with van der Waals surface area (Å²) in [6.07, 6.45) is -3.09. The fraction of sp³-hybridized carbons (Fsp3) is 0.167. The van der Waals surface area contributed by atoms with Gasteiger partial charge in [0, 0.05) is 6.07 Å². The van der Waals surface area contributed by atoms with Crippen LogP contribution in [-0.2, 0) is 0 Å². The van der Waals surface area contributed by atoms with Gasteiger partial charge in [0.2, 0.25) is 0 Å². The third-order valence-electron chi connectivity index (χ3n) is 1.40. The lowest BCUT2D eigenvalue weighted by Crippen LogP contribution is -2.13. The Morgan fingerprint density at radius 3 is 2.43 bits per heavy atom. The van der Waals surface area contributed by atoms with Crippen molar-refractivity contribution in [3.8, 4) is 0 Å². The zero-order valence-corrected chi connectivity index (χ0v) is 6.46. The van der Waals surface area contributed by atoms with Gasteiger partial charge in [-0.3, -0.25) is 14.9 Å². The second-order valence-corrected chi connectivity index (χ2v) is 2.31. The lowest BCUT2D eigenvalue weighted by Gasteiger charge is -1.99. The lowest BCUT2D eigenvalue weighted by molar-refractivity contribution is -0.389. The molecule has 1 heterocycles. The second kappa shape index (κ2) is 3.48. The van der Waals surface area contributed by atoms with E-state index in [1.807, 2.05) is 0 Å². The number of H-pyrrole nitrogens is 1. The first kappa shape index (κ1) is 10.2. The Kier molecular flexibility index (Phi) is 2.54. The normalized spacial score (nSPS) is 10.6. The van der Waals surface area contributed by atoms with Crippen LogP contribution in [0.25, 0.3) is 0 Å². The molecule has 1 N–H and O–H groups in total. The van der Waals surface area contributed by atoms with Crippen molar-refractivity contribution in [2.75, 3.05) is 0 Å². The van der Waals surface area contributed by atoms with Gasteiger partial charge in [0.25, 0.3) is 17.8 Å². The smallest absolute Gasteiger partial charge is 0.325 e. The number of alkyl halides is 2. The number of hydrogen-bond acceptors (Lipinski definition) is 3. The first-order chi connectivity index (χ1) is 6.43. The number of aromatic amines is 1. The molecule has 0 aliphatic rings. The van der Waals surface area contributed by atoms with E-state index in [1.165, 1.54) is 4.98 Å². The van der Waals surface area contributed by atoms with E-state index in [2.05, 4.69) is 0 Å². The molecule has 0 aliphatic carbocycles. The number of hydrogen-bond donors (Lipinski definition) is 1. The Labute approximate surface area is 74.3 Å². The molecular weight excluding hydrogens is 205 g/mol. The fourth-order valence-electron chi connectivity index (χ4n) is 0.827. The topological polar surface area (TPSA) is 76.0 Å². The SMILES string of the molecule is O=c1cc(C(F)F)[nH]c(F)c1[N+](=O)[O-]. The minimum Gasteiger partial charge on any atom is -0.325 e. The highest BCUT2D eigenvalue weighted by molar-refractivity contribution is 5.29. The van der Waals surface area contributed by atoms with Crippen LogP contribution in [0.4, 0.5) is 18.9 Å². The van der Waals surface area contributed by atoms with Gasteiger partial charge in [-0.25, -0.2) is 8.78 Å². The van der Waals surface area contributed by atoms with E-state index in [0.717, 1.165) is 0 Å². The monoisotopic (exact) mass is 208 g/mol. The summed E-state index contributed by atoms with van der Waals surface area (Å²) in [7, 11) is 0. The highest BCUT2D eigenvalue weighted by Crippen LogP contribution is 2.17. The number of pyridine rings is 1. The van der Waals surface area contributed by atoms with Crippen LogP contribution < -0.4 is 5.43 Å². The molecule has 0 aliphatic heterocycles. The zero-order chi connectivity index (χ0) is 10.9. The van der Waals surface area contributed by atoms with Crippen molar-refractivity contribution in [3.63, 3.8) is 0 Å². The summed E-state index contributed by atoms with van der Waals surface area (Å²) in [6, 6.07) is 0.297. The van der Waals surface area contributed by atoms with E-state index in [-0.39, 0.29) is 0 Å². The molecular formula is C6H3F3N2O3. The molecule has 1 aromatic rings. The zero-order valence-electron chi connectivity index (χ0n) is 6.46. The third kappa shape index (κ3) is 1.73. The maximum atomic E-state index is 12.7. The van der Waals surface area contributed by atoms with E-state index in [1.54, 1.807) is 0 Å². The summed E-state index contributed by atoms with van der Waals surface area (Å²) in [5.74, 6) is -1.67. The van der Waals surface area contributed by atoms with E-state index in [4.69, 9.17) is 0 Å². The van der Waals surface area contributed by atoms with Crippen LogP contribution >= 0.6 is 0 Å². The molecule has 0 bridgehead atoms. The van der Waals surface area contributed by atoms with Crippen LogP contribution in [-0.4, -0.2) is 9.91 Å². The Morgan fingerprint density at radius 2 is 2.07 bits per heavy atom. The first-order valence-corrected chi connectivity index (χ1v) is 3.28. The lowest BCUT2D eigenvalue weighted by atomic mass is 10.3. The average Bonchev–Trinajstić information content (AvgIpc) is 2.01. The number of nitro groups is 1. The van der Waals surface area contributed by atoms with Gasteiger partial charge in [0.1, 0.15) is 0 Å². The number of halogens is 3. The summed E-state index contributed by atoms with van der Waals surface area (Å²) in [4.78, 5) is 21.0. The van der Waals surface area contributed by atoms with Crippen LogP contribution in [0.15, 0.2) is 10.9 Å². The third-order valence-corrected chi connectivity index (χ3v) is 1.40. The van der Waals surface area contributed by atoms with Gasteiger partial charge in [-0.1, -0.05) is 0 Å². The molecule has 14 heavy (non-hydrogen) atoms. The molecule has 0 atom stereocenters. The van der Waals surface area contributed by atoms with Crippen LogP contribution in [0.2, 0.25) is 0 Å². The number of nitrogens with zero attached hydrogens (tertiary/aromatic N) is 1. The van der Waals surface area contributed by atoms with Crippen LogP contribution in [0.3, 0.4) is 0 Å². The largest absolute Gasteiger partial charge is 0.368 e. The Balaban J connectivity index is 3.40. The fourth-order valence-corrected chi connectivity index (χ4v) is 0.827. The summed E-state index contributed by atoms with van der Waals surface area (Å²) in [5.41, 5.74) is -3.74. The van der Waals surface area contributed by atoms with Crippen molar-refractivity contribution in [2.24, 2.45) is 0 Å². The summed E-state index contributed by atoms with van der Waals surface area (Å²) >= 11 is 0. The van der Waals surface area contributed by atoms with Crippen LogP contribution in [0, 0.1) is 16.1 Å². The molecule has 0 radical (unpaired) electrons. The quantitative estimate of drug-likeness (QED) is 0.452. The van der Waals surface area contributed by atoms with Crippen molar-refractivity contribution >= 4 is 5.69 Å². The molecule has 0 spiro atoms. The minimum absolute atomic E-state index is 0.297. The van der Waals surface area contributed by atoms with E-state index in [0.29, 0.717) is 6.07 Å². The molecule has 0 saturated carbocycles. The van der Waals surface area contributed by atoms with Crippen LogP contribution in [0.1, 0.15) is 12.1 Å². The Hall–Kier alpha value is -1.86. The predicted molar refractivity (Wildman–Crippen MR) is 38.6 cm³/mol. The molecule has 76 valence electrons. The van der Waals surface area contributed by atoms with Crippen molar-refractivity contribution in [2.45, 2.75) is 6.43 Å². The molecule has 1 aromatic heterocycles. The van der Waals surface area contributed by atoms with Gasteiger partial charge in [0.15, 0.2) is 0 Å². The molecule has 1 rings (SSSR count). The van der Waals surface area contributed by atoms with Crippen molar-refractivity contribution in [1.82, 2.24) is 4.98 Å². The summed E-state index contributed by atoms with van der Waals surface area (Å²) in [5, 5.41) is 10.1. The first-order valence-electron chi connectivity index (χ1n) is 3.28. The van der Waals surface area contributed by atoms with Gasteiger partial charge in [-0.15, -0.1) is 0 Å². The van der Waals surface area contributed by atoms with Gasteiger partial charge in [-0.2, -0.15) is 4.39 Å². The van der Waals surface area contributed by atoms with Crippen molar-refractivity contribution in [3.05, 3.63) is 38.0 Å². The summed E-state index contributed by atoms with van der Waals surface area (Å²) < 4.78 is 36.6. The highest BCUT2D eigenvalue weighted by atomic mass is 19.3. The predicted octanol–water partition coefficient (Wildman–Crippen LogP) is 1.36. The van der Waals surface area contributed by atoms with Gasteiger partial charge in [0.05, 0.1) is 10.6 Å². The van der Waals surface area contributed by atoms with Gasteiger partial charge >= 0.3 is 5.69 Å². The summed E-state index contributed by atoms with van der Waals surface area (Å²) in [6.45, 7) is 0. The molecule has 8 heteroatoms. The molecule has 0 unspecified atom stereocenters. The van der Waals surface area contributed by atoms with E-state index in [9.17, 15) is 28.1 Å². The standard InChI is InChI=1S/C6H3F3N2O3/c7-5(8)2-1-3(12)4(11(13)14)6(9)10-2/h1,5H,(H,10,12). The minimum atomic E-state index is -3.09. The van der Waals surface area contributed by atoms with E-state index >= 15 is 0 Å². The average molecular weight is 208 g/mol. The molecule has 0 amide bonds. The maximum Gasteiger partial charge on any atom is 0.368 e. The van der Waals surface area contributed by atoms with Gasteiger partial charge in [-0.05, 0) is 0 Å². The van der Waals surface area contributed by atoms with Crippen LogP contribution in [0.5, 0.6) is 0 Å². The number of aromatic nitrogens is 1. The second-order valence-electron chi connectivity index (χ2n) is 2.31. The maximum absolute atomic E-state index is 12.7. The molecule has 0 fully saturated rings. The Morgan fingerprint density at radius 1 is 1.50 bits per heavy atom. The number of nitrogens with one attached hydrogen (secondary N) is 1. The molecule has 0 aromatic carbocycles. The molecule has 0 saturated heterocycles. The van der Waals surface area contributed by atoms with E-state index < -0.39 is 34.1 Å². The van der Waals surface area contributed by atoms with Crippen molar-refractivity contribution < 1.29 is 18.1 Å². The highest BCUT2D eigenvalue weighted by Gasteiger charge is 2.22. The number of rotatable bonds is 2. The molecule has 5 nitrogen and oxygen atoms in total. The Bertz CT molecular complexity index is 429.